The fraction of sp³-hybridized carbons (Fsp3) is 0.393. The number of fused-ring (bicyclic) bond motifs is 1. The molecular weight excluding hydrogens is 545 g/mol. The molecule has 0 radical (unpaired) electrons. The Morgan fingerprint density at radius 1 is 1.07 bits per heavy atom. The molecule has 12 heteroatoms. The van der Waals surface area contributed by atoms with Crippen LogP contribution in [0.15, 0.2) is 48.5 Å². The number of hydrogen-bond acceptors (Lipinski definition) is 7. The number of nitrogens with one attached hydrogen (secondary N) is 1. The van der Waals surface area contributed by atoms with Crippen LogP contribution in [0.2, 0.25) is 5.02 Å². The molecule has 1 amide bonds. The number of para-hydroxylation sites is 1. The number of halogens is 4. The minimum atomic E-state index is -4.41. The van der Waals surface area contributed by atoms with Crippen molar-refractivity contribution in [2.45, 2.75) is 32.0 Å². The van der Waals surface area contributed by atoms with Gasteiger partial charge in [0.05, 0.1) is 28.5 Å². The molecule has 1 fully saturated rings. The third-order valence-electron chi connectivity index (χ3n) is 7.34. The third-order valence-corrected chi connectivity index (χ3v) is 7.66. The number of piperidine rings is 1. The summed E-state index contributed by atoms with van der Waals surface area (Å²) in [6, 6.07) is 12.6. The summed E-state index contributed by atoms with van der Waals surface area (Å²) in [5.41, 5.74) is 7.72. The summed E-state index contributed by atoms with van der Waals surface area (Å²) in [6.07, 6.45) is -2.35. The van der Waals surface area contributed by atoms with Crippen LogP contribution in [0.5, 0.6) is 6.01 Å². The number of rotatable bonds is 8. The summed E-state index contributed by atoms with van der Waals surface area (Å²) < 4.78 is 45.1. The molecule has 212 valence electrons. The summed E-state index contributed by atoms with van der Waals surface area (Å²) >= 11 is 6.45. The van der Waals surface area contributed by atoms with E-state index >= 15 is 0 Å². The van der Waals surface area contributed by atoms with Gasteiger partial charge in [0, 0.05) is 30.3 Å². The Balaban J connectivity index is 1.34. The Hall–Kier alpha value is -3.57. The van der Waals surface area contributed by atoms with Crippen LogP contribution in [0.25, 0.3) is 0 Å². The van der Waals surface area contributed by atoms with Crippen LogP contribution in [0.1, 0.15) is 29.7 Å². The van der Waals surface area contributed by atoms with Gasteiger partial charge in [-0.05, 0) is 68.8 Å². The molecule has 2 aliphatic rings. The van der Waals surface area contributed by atoms with Gasteiger partial charge in [-0.2, -0.15) is 23.1 Å². The van der Waals surface area contributed by atoms with E-state index in [2.05, 4.69) is 20.1 Å². The van der Waals surface area contributed by atoms with E-state index in [-0.39, 0.29) is 17.8 Å². The first-order valence-electron chi connectivity index (χ1n) is 13.2. The number of likely N-dealkylation sites (tertiary alicyclic amines) is 1. The zero-order chi connectivity index (χ0) is 28.3. The summed E-state index contributed by atoms with van der Waals surface area (Å²) in [6.45, 7) is 3.64. The molecule has 3 heterocycles. The van der Waals surface area contributed by atoms with Gasteiger partial charge in [-0.15, -0.1) is 0 Å². The van der Waals surface area contributed by atoms with Crippen LogP contribution in [0.4, 0.5) is 30.4 Å². The van der Waals surface area contributed by atoms with Crippen molar-refractivity contribution in [3.05, 3.63) is 70.4 Å². The molecule has 3 aromatic rings. The first-order chi connectivity index (χ1) is 19.2. The van der Waals surface area contributed by atoms with E-state index in [9.17, 15) is 18.0 Å². The zero-order valence-corrected chi connectivity index (χ0v) is 22.5. The third kappa shape index (κ3) is 6.59. The molecule has 2 aromatic carbocycles. The summed E-state index contributed by atoms with van der Waals surface area (Å²) in [5, 5.41) is 3.81. The molecule has 0 bridgehead atoms. The number of alkyl halides is 3. The van der Waals surface area contributed by atoms with Crippen molar-refractivity contribution in [3.8, 4) is 6.01 Å². The number of carbonyl (C=O) groups excluding carboxylic acids is 1. The predicted octanol–water partition coefficient (Wildman–Crippen LogP) is 5.03. The molecule has 0 saturated carbocycles. The van der Waals surface area contributed by atoms with E-state index in [1.54, 1.807) is 0 Å². The molecular formula is C28H30ClF3N6O2. The number of benzene rings is 2. The number of nitrogens with zero attached hydrogens (tertiary/aromatic N) is 4. The van der Waals surface area contributed by atoms with Crippen molar-refractivity contribution < 1.29 is 22.7 Å². The monoisotopic (exact) mass is 574 g/mol. The summed E-state index contributed by atoms with van der Waals surface area (Å²) in [4.78, 5) is 25.1. The molecule has 8 nitrogen and oxygen atoms in total. The Kier molecular flexibility index (Phi) is 8.32. The highest BCUT2D eigenvalue weighted by Crippen LogP contribution is 2.34. The first-order valence-corrected chi connectivity index (χ1v) is 13.5. The topological polar surface area (TPSA) is 96.6 Å². The van der Waals surface area contributed by atoms with Crippen molar-refractivity contribution in [2.75, 3.05) is 43.0 Å². The van der Waals surface area contributed by atoms with Crippen molar-refractivity contribution in [3.63, 3.8) is 0 Å². The van der Waals surface area contributed by atoms with Gasteiger partial charge in [0.25, 0.3) is 0 Å². The standard InChI is InChI=1S/C28H30ClF3N6O2/c29-22-3-1-2-4-24(22)38-14-11-21-23(17-38)35-27(40-16-15-37-12-9-18(10-13-37)25(33)39)36-26(21)34-20-7-5-19(6-8-20)28(30,31)32/h1-8,18H,9-17H2,(H2,33,39)(H,34,35,36). The van der Waals surface area contributed by atoms with E-state index in [1.165, 1.54) is 12.1 Å². The maximum absolute atomic E-state index is 13.0. The highest BCUT2D eigenvalue weighted by Gasteiger charge is 2.30. The molecule has 0 aliphatic carbocycles. The first kappa shape index (κ1) is 28.0. The van der Waals surface area contributed by atoms with Crippen LogP contribution in [0, 0.1) is 5.92 Å². The lowest BCUT2D eigenvalue weighted by Gasteiger charge is -2.32. The smallest absolute Gasteiger partial charge is 0.416 e. The SMILES string of the molecule is NC(=O)C1CCN(CCOc2nc3c(c(Nc4ccc(C(F)(F)F)cc4)n2)CCN(c2ccccc2Cl)C3)CC1. The molecule has 1 saturated heterocycles. The van der Waals surface area contributed by atoms with Gasteiger partial charge in [0.15, 0.2) is 0 Å². The molecule has 3 N–H and O–H groups in total. The van der Waals surface area contributed by atoms with Crippen molar-refractivity contribution >= 4 is 34.7 Å². The maximum Gasteiger partial charge on any atom is 0.416 e. The highest BCUT2D eigenvalue weighted by molar-refractivity contribution is 6.33. The number of primary amides is 1. The van der Waals surface area contributed by atoms with Crippen LogP contribution in [-0.2, 0) is 23.9 Å². The number of hydrogen-bond donors (Lipinski definition) is 2. The molecule has 5 rings (SSSR count). The number of carbonyl (C=O) groups is 1. The number of ether oxygens (including phenoxy) is 1. The zero-order valence-electron chi connectivity index (χ0n) is 21.8. The summed E-state index contributed by atoms with van der Waals surface area (Å²) in [5.74, 6) is 0.166. The minimum Gasteiger partial charge on any atom is -0.462 e. The average molecular weight is 575 g/mol. The Labute approximate surface area is 235 Å². The van der Waals surface area contributed by atoms with Crippen molar-refractivity contribution in [1.82, 2.24) is 14.9 Å². The quantitative estimate of drug-likeness (QED) is 0.389. The van der Waals surface area contributed by atoms with Crippen LogP contribution in [0.3, 0.4) is 0 Å². The molecule has 0 unspecified atom stereocenters. The minimum absolute atomic E-state index is 0.0824. The number of aromatic nitrogens is 2. The maximum atomic E-state index is 13.0. The molecule has 1 aromatic heterocycles. The van der Waals surface area contributed by atoms with Gasteiger partial charge in [-0.25, -0.2) is 0 Å². The fourth-order valence-electron chi connectivity index (χ4n) is 5.08. The Morgan fingerprint density at radius 2 is 1.80 bits per heavy atom. The second-order valence-corrected chi connectivity index (χ2v) is 10.4. The van der Waals surface area contributed by atoms with E-state index in [1.807, 2.05) is 24.3 Å². The number of nitrogens with two attached hydrogens (primary N) is 1. The van der Waals surface area contributed by atoms with E-state index in [4.69, 9.17) is 27.1 Å². The van der Waals surface area contributed by atoms with Crippen molar-refractivity contribution in [1.29, 1.82) is 0 Å². The molecule has 40 heavy (non-hydrogen) atoms. The molecule has 0 spiro atoms. The van der Waals surface area contributed by atoms with E-state index < -0.39 is 11.7 Å². The van der Waals surface area contributed by atoms with E-state index in [0.717, 1.165) is 55.0 Å². The lowest BCUT2D eigenvalue weighted by atomic mass is 9.96. The van der Waals surface area contributed by atoms with Gasteiger partial charge in [0.2, 0.25) is 5.91 Å². The van der Waals surface area contributed by atoms with Crippen LogP contribution in [-0.4, -0.2) is 53.6 Å². The van der Waals surface area contributed by atoms with Gasteiger partial charge in [-0.1, -0.05) is 23.7 Å². The molecule has 0 atom stereocenters. The Bertz CT molecular complexity index is 1350. The lowest BCUT2D eigenvalue weighted by molar-refractivity contribution is -0.137. The van der Waals surface area contributed by atoms with E-state index in [0.29, 0.717) is 49.2 Å². The van der Waals surface area contributed by atoms with Crippen LogP contribution >= 0.6 is 11.6 Å². The molecule has 2 aliphatic heterocycles. The van der Waals surface area contributed by atoms with Gasteiger partial charge >= 0.3 is 12.2 Å². The number of amides is 1. The fourth-order valence-corrected chi connectivity index (χ4v) is 5.33. The number of anilines is 3. The van der Waals surface area contributed by atoms with Gasteiger partial charge in [-0.3, -0.25) is 9.69 Å². The second-order valence-electron chi connectivity index (χ2n) is 9.97. The second kappa shape index (κ2) is 11.9. The highest BCUT2D eigenvalue weighted by atomic mass is 35.5. The van der Waals surface area contributed by atoms with Gasteiger partial charge in [0.1, 0.15) is 12.4 Å². The normalized spacial score (nSPS) is 16.4. The van der Waals surface area contributed by atoms with Crippen molar-refractivity contribution in [2.24, 2.45) is 11.7 Å². The Morgan fingerprint density at radius 3 is 2.48 bits per heavy atom. The van der Waals surface area contributed by atoms with Gasteiger partial charge < -0.3 is 20.7 Å². The lowest BCUT2D eigenvalue weighted by Crippen LogP contribution is -2.40. The predicted molar refractivity (Wildman–Crippen MR) is 147 cm³/mol. The summed E-state index contributed by atoms with van der Waals surface area (Å²) in [7, 11) is 0. The largest absolute Gasteiger partial charge is 0.462 e. The van der Waals surface area contributed by atoms with Crippen LogP contribution < -0.4 is 20.7 Å². The average Bonchev–Trinajstić information content (AvgIpc) is 2.93.